The maximum absolute atomic E-state index is 4.09. The van der Waals surface area contributed by atoms with Crippen LogP contribution < -0.4 is 5.32 Å². The molecule has 120 valence electrons. The molecule has 0 saturated carbocycles. The zero-order valence-electron chi connectivity index (χ0n) is 13.3. The second-order valence-corrected chi connectivity index (χ2v) is 5.32. The molecule has 0 spiro atoms. The minimum absolute atomic E-state index is 0.263. The summed E-state index contributed by atoms with van der Waals surface area (Å²) in [4.78, 5) is 0. The van der Waals surface area contributed by atoms with E-state index in [0.717, 1.165) is 31.0 Å². The van der Waals surface area contributed by atoms with Gasteiger partial charge in [-0.3, -0.25) is 0 Å². The molecular weight excluding hydrogens is 292 g/mol. The summed E-state index contributed by atoms with van der Waals surface area (Å²) in [6.07, 6.45) is 4.27. The van der Waals surface area contributed by atoms with Crippen LogP contribution in [0, 0.1) is 0 Å². The van der Waals surface area contributed by atoms with E-state index in [9.17, 15) is 0 Å². The summed E-state index contributed by atoms with van der Waals surface area (Å²) in [6.45, 7) is 5.96. The van der Waals surface area contributed by atoms with E-state index in [1.807, 2.05) is 12.1 Å². The minimum atomic E-state index is 0.263. The van der Waals surface area contributed by atoms with Crippen LogP contribution in [-0.4, -0.2) is 41.5 Å². The van der Waals surface area contributed by atoms with Gasteiger partial charge in [0.05, 0.1) is 5.69 Å². The van der Waals surface area contributed by atoms with Crippen LogP contribution in [0.25, 0.3) is 5.69 Å². The fourth-order valence-electron chi connectivity index (χ4n) is 2.45. The van der Waals surface area contributed by atoms with Crippen molar-refractivity contribution in [2.24, 2.45) is 0 Å². The number of rotatable bonds is 7. The van der Waals surface area contributed by atoms with Crippen molar-refractivity contribution in [3.8, 4) is 5.69 Å². The number of aryl methyl sites for hydroxylation is 1. The first-order chi connectivity index (χ1) is 11.3. The first-order valence-corrected chi connectivity index (χ1v) is 7.71. The third kappa shape index (κ3) is 3.59. The van der Waals surface area contributed by atoms with Crippen molar-refractivity contribution in [3.05, 3.63) is 48.3 Å². The number of nitrogens with one attached hydrogen (secondary N) is 1. The van der Waals surface area contributed by atoms with Crippen molar-refractivity contribution in [2.45, 2.75) is 32.9 Å². The largest absolute Gasteiger partial charge is 0.316 e. The second kappa shape index (κ2) is 7.10. The molecule has 0 aliphatic rings. The van der Waals surface area contributed by atoms with Gasteiger partial charge < -0.3 is 9.88 Å². The Bertz CT molecular complexity index is 716. The Balaban J connectivity index is 1.55. The Kier molecular flexibility index (Phi) is 4.72. The number of nitrogens with zero attached hydrogens (tertiary/aromatic N) is 7. The van der Waals surface area contributed by atoms with E-state index in [4.69, 9.17) is 0 Å². The van der Waals surface area contributed by atoms with Gasteiger partial charge >= 0.3 is 0 Å². The van der Waals surface area contributed by atoms with Crippen LogP contribution in [0.15, 0.2) is 36.9 Å². The summed E-state index contributed by atoms with van der Waals surface area (Å²) in [5.41, 5.74) is 2.17. The summed E-state index contributed by atoms with van der Waals surface area (Å²) in [5.74, 6) is 1.02. The molecule has 1 unspecified atom stereocenters. The SMILES string of the molecule is CCc1nncn1CCNC(C)c1ccc(-n2cnnn2)cc1. The first kappa shape index (κ1) is 15.3. The third-order valence-corrected chi connectivity index (χ3v) is 3.82. The quantitative estimate of drug-likeness (QED) is 0.704. The molecule has 2 heterocycles. The highest BCUT2D eigenvalue weighted by Gasteiger charge is 2.07. The molecular formula is C15H20N8. The zero-order chi connectivity index (χ0) is 16.1. The van der Waals surface area contributed by atoms with E-state index in [1.54, 1.807) is 17.3 Å². The normalized spacial score (nSPS) is 12.4. The van der Waals surface area contributed by atoms with Gasteiger partial charge in [-0.05, 0) is 35.0 Å². The van der Waals surface area contributed by atoms with Crippen LogP contribution in [-0.2, 0) is 13.0 Å². The van der Waals surface area contributed by atoms with Crippen LogP contribution in [0.4, 0.5) is 0 Å². The molecule has 3 aromatic rings. The van der Waals surface area contributed by atoms with E-state index in [2.05, 4.69) is 61.6 Å². The summed E-state index contributed by atoms with van der Waals surface area (Å²) in [7, 11) is 0. The molecule has 3 rings (SSSR count). The van der Waals surface area contributed by atoms with Gasteiger partial charge in [0.25, 0.3) is 0 Å². The number of benzene rings is 1. The molecule has 0 saturated heterocycles. The van der Waals surface area contributed by atoms with Crippen molar-refractivity contribution in [1.82, 2.24) is 40.3 Å². The van der Waals surface area contributed by atoms with Gasteiger partial charge in [-0.15, -0.1) is 15.3 Å². The van der Waals surface area contributed by atoms with Crippen molar-refractivity contribution < 1.29 is 0 Å². The van der Waals surface area contributed by atoms with Crippen molar-refractivity contribution in [3.63, 3.8) is 0 Å². The summed E-state index contributed by atoms with van der Waals surface area (Å²) < 4.78 is 3.72. The topological polar surface area (TPSA) is 86.3 Å². The molecule has 0 aliphatic carbocycles. The molecule has 1 N–H and O–H groups in total. The van der Waals surface area contributed by atoms with E-state index in [1.165, 1.54) is 5.56 Å². The smallest absolute Gasteiger partial charge is 0.143 e. The number of hydrogen-bond acceptors (Lipinski definition) is 6. The molecule has 0 aliphatic heterocycles. The molecule has 0 radical (unpaired) electrons. The molecule has 23 heavy (non-hydrogen) atoms. The molecule has 0 fully saturated rings. The van der Waals surface area contributed by atoms with Crippen LogP contribution in [0.5, 0.6) is 0 Å². The number of tetrazole rings is 1. The average Bonchev–Trinajstić information content (AvgIpc) is 3.26. The molecule has 0 amide bonds. The Hall–Kier alpha value is -2.61. The fourth-order valence-corrected chi connectivity index (χ4v) is 2.45. The van der Waals surface area contributed by atoms with E-state index in [0.29, 0.717) is 0 Å². The van der Waals surface area contributed by atoms with Crippen LogP contribution in [0.1, 0.15) is 31.3 Å². The predicted molar refractivity (Wildman–Crippen MR) is 85.0 cm³/mol. The summed E-state index contributed by atoms with van der Waals surface area (Å²) in [5, 5.41) is 22.7. The molecule has 0 bridgehead atoms. The Morgan fingerprint density at radius 1 is 1.13 bits per heavy atom. The third-order valence-electron chi connectivity index (χ3n) is 3.82. The molecule has 1 aromatic carbocycles. The van der Waals surface area contributed by atoms with Gasteiger partial charge in [0.15, 0.2) is 0 Å². The van der Waals surface area contributed by atoms with E-state index in [-0.39, 0.29) is 6.04 Å². The second-order valence-electron chi connectivity index (χ2n) is 5.32. The lowest BCUT2D eigenvalue weighted by atomic mass is 10.1. The average molecular weight is 312 g/mol. The van der Waals surface area contributed by atoms with Gasteiger partial charge in [0.1, 0.15) is 18.5 Å². The number of hydrogen-bond donors (Lipinski definition) is 1. The van der Waals surface area contributed by atoms with Gasteiger partial charge in [0, 0.05) is 25.6 Å². The lowest BCUT2D eigenvalue weighted by Gasteiger charge is -2.15. The highest BCUT2D eigenvalue weighted by Crippen LogP contribution is 2.14. The maximum atomic E-state index is 4.09. The standard InChI is InChI=1S/C15H20N8/c1-3-15-19-17-10-22(15)9-8-16-12(2)13-4-6-14(7-5-13)23-11-18-20-21-23/h4-7,10-12,16H,3,8-9H2,1-2H3. The zero-order valence-corrected chi connectivity index (χ0v) is 13.3. The lowest BCUT2D eigenvalue weighted by Crippen LogP contribution is -2.23. The van der Waals surface area contributed by atoms with Gasteiger partial charge in [-0.2, -0.15) is 0 Å². The van der Waals surface area contributed by atoms with Gasteiger partial charge in [0.2, 0.25) is 0 Å². The lowest BCUT2D eigenvalue weighted by molar-refractivity contribution is 0.522. The van der Waals surface area contributed by atoms with Gasteiger partial charge in [-0.1, -0.05) is 19.1 Å². The molecule has 2 aromatic heterocycles. The number of aromatic nitrogens is 7. The Morgan fingerprint density at radius 2 is 1.96 bits per heavy atom. The fraction of sp³-hybridized carbons (Fsp3) is 0.400. The minimum Gasteiger partial charge on any atom is -0.316 e. The van der Waals surface area contributed by atoms with E-state index >= 15 is 0 Å². The summed E-state index contributed by atoms with van der Waals surface area (Å²) in [6, 6.07) is 8.47. The molecule has 8 heteroatoms. The van der Waals surface area contributed by atoms with Crippen molar-refractivity contribution in [2.75, 3.05) is 6.54 Å². The van der Waals surface area contributed by atoms with Crippen LogP contribution >= 0.6 is 0 Å². The van der Waals surface area contributed by atoms with Crippen molar-refractivity contribution in [1.29, 1.82) is 0 Å². The Labute approximate surface area is 134 Å². The first-order valence-electron chi connectivity index (χ1n) is 7.71. The molecule has 1 atom stereocenters. The highest BCUT2D eigenvalue weighted by molar-refractivity contribution is 5.34. The maximum Gasteiger partial charge on any atom is 0.143 e. The summed E-state index contributed by atoms with van der Waals surface area (Å²) >= 11 is 0. The van der Waals surface area contributed by atoms with Gasteiger partial charge in [-0.25, -0.2) is 4.68 Å². The van der Waals surface area contributed by atoms with Crippen molar-refractivity contribution >= 4 is 0 Å². The van der Waals surface area contributed by atoms with Crippen LogP contribution in [0.2, 0.25) is 0 Å². The highest BCUT2D eigenvalue weighted by atomic mass is 15.5. The predicted octanol–water partition coefficient (Wildman–Crippen LogP) is 1.17. The van der Waals surface area contributed by atoms with Crippen LogP contribution in [0.3, 0.4) is 0 Å². The van der Waals surface area contributed by atoms with E-state index < -0.39 is 0 Å². The molecule has 8 nitrogen and oxygen atoms in total. The Morgan fingerprint density at radius 3 is 2.65 bits per heavy atom. The monoisotopic (exact) mass is 312 g/mol.